The van der Waals surface area contributed by atoms with Crippen LogP contribution in [0.4, 0.5) is 5.69 Å². The number of hydrogen-bond acceptors (Lipinski definition) is 3. The van der Waals surface area contributed by atoms with Crippen LogP contribution in [-0.2, 0) is 4.79 Å². The lowest BCUT2D eigenvalue weighted by Gasteiger charge is -2.31. The number of amides is 3. The van der Waals surface area contributed by atoms with Gasteiger partial charge in [0.15, 0.2) is 0 Å². The van der Waals surface area contributed by atoms with Crippen LogP contribution in [0.2, 0.25) is 0 Å². The molecule has 3 aromatic carbocycles. The second-order valence-electron chi connectivity index (χ2n) is 9.52. The van der Waals surface area contributed by atoms with E-state index in [0.29, 0.717) is 42.7 Å². The van der Waals surface area contributed by atoms with Gasteiger partial charge in [-0.15, -0.1) is 0 Å². The maximum absolute atomic E-state index is 13.2. The molecular formula is C29H31N3O3. The molecule has 1 N–H and O–H groups in total. The van der Waals surface area contributed by atoms with E-state index < -0.39 is 0 Å². The number of anilines is 1. The second-order valence-corrected chi connectivity index (χ2v) is 9.52. The lowest BCUT2D eigenvalue weighted by atomic mass is 9.94. The van der Waals surface area contributed by atoms with Crippen molar-refractivity contribution in [3.8, 4) is 0 Å². The van der Waals surface area contributed by atoms with E-state index in [-0.39, 0.29) is 23.6 Å². The molecule has 0 bridgehead atoms. The predicted molar refractivity (Wildman–Crippen MR) is 137 cm³/mol. The minimum Gasteiger partial charge on any atom is -0.339 e. The summed E-state index contributed by atoms with van der Waals surface area (Å²) < 4.78 is 0. The first-order valence-corrected chi connectivity index (χ1v) is 12.6. The van der Waals surface area contributed by atoms with Gasteiger partial charge in [-0.05, 0) is 67.1 Å². The monoisotopic (exact) mass is 469 g/mol. The molecule has 0 aliphatic carbocycles. The summed E-state index contributed by atoms with van der Waals surface area (Å²) >= 11 is 0. The van der Waals surface area contributed by atoms with E-state index in [2.05, 4.69) is 5.32 Å². The van der Waals surface area contributed by atoms with Crippen LogP contribution in [-0.4, -0.2) is 53.7 Å². The normalized spacial score (nSPS) is 16.8. The van der Waals surface area contributed by atoms with E-state index >= 15 is 0 Å². The van der Waals surface area contributed by atoms with Gasteiger partial charge in [0, 0.05) is 48.9 Å². The molecule has 0 spiro atoms. The van der Waals surface area contributed by atoms with Crippen molar-refractivity contribution in [2.45, 2.75) is 32.1 Å². The smallest absolute Gasteiger partial charge is 0.254 e. The van der Waals surface area contributed by atoms with Crippen LogP contribution in [0, 0.1) is 5.92 Å². The largest absolute Gasteiger partial charge is 0.339 e. The first-order valence-electron chi connectivity index (χ1n) is 12.6. The van der Waals surface area contributed by atoms with Gasteiger partial charge in [0.2, 0.25) is 5.91 Å². The predicted octanol–water partition coefficient (Wildman–Crippen LogP) is 4.96. The van der Waals surface area contributed by atoms with Crippen LogP contribution >= 0.6 is 0 Å². The molecule has 35 heavy (non-hydrogen) atoms. The third kappa shape index (κ3) is 5.06. The Morgan fingerprint density at radius 3 is 2.20 bits per heavy atom. The molecule has 6 nitrogen and oxygen atoms in total. The van der Waals surface area contributed by atoms with Gasteiger partial charge in [-0.3, -0.25) is 14.4 Å². The summed E-state index contributed by atoms with van der Waals surface area (Å²) in [5.74, 6) is -0.163. The zero-order valence-corrected chi connectivity index (χ0v) is 19.9. The quantitative estimate of drug-likeness (QED) is 0.587. The van der Waals surface area contributed by atoms with Crippen molar-refractivity contribution < 1.29 is 14.4 Å². The minimum atomic E-state index is -0.159. The highest BCUT2D eigenvalue weighted by Gasteiger charge is 2.28. The first-order chi connectivity index (χ1) is 17.1. The fraction of sp³-hybridized carbons (Fsp3) is 0.345. The Balaban J connectivity index is 1.19. The third-order valence-corrected chi connectivity index (χ3v) is 7.19. The second kappa shape index (κ2) is 10.3. The van der Waals surface area contributed by atoms with E-state index in [1.54, 1.807) is 6.07 Å². The summed E-state index contributed by atoms with van der Waals surface area (Å²) in [5.41, 5.74) is 1.97. The molecule has 2 heterocycles. The van der Waals surface area contributed by atoms with Gasteiger partial charge in [-0.2, -0.15) is 0 Å². The molecule has 0 atom stereocenters. The highest BCUT2D eigenvalue weighted by atomic mass is 16.2. The summed E-state index contributed by atoms with van der Waals surface area (Å²) in [6.45, 7) is 2.69. The number of rotatable bonds is 4. The molecule has 2 aliphatic rings. The SMILES string of the molecule is O=C(Nc1cccc(C(=O)N2CCCCC2)c1)C1CCN(C(=O)c2cccc3ccccc23)CC1. The van der Waals surface area contributed by atoms with Crippen molar-refractivity contribution in [3.63, 3.8) is 0 Å². The molecule has 0 saturated carbocycles. The number of hydrogen-bond donors (Lipinski definition) is 1. The Morgan fingerprint density at radius 2 is 1.40 bits per heavy atom. The maximum Gasteiger partial charge on any atom is 0.254 e. The topological polar surface area (TPSA) is 69.7 Å². The zero-order valence-electron chi connectivity index (χ0n) is 19.9. The molecule has 0 unspecified atom stereocenters. The van der Waals surface area contributed by atoms with E-state index in [0.717, 1.165) is 36.7 Å². The van der Waals surface area contributed by atoms with E-state index in [1.807, 2.05) is 70.5 Å². The molecule has 5 rings (SSSR count). The number of fused-ring (bicyclic) bond motifs is 1. The molecule has 180 valence electrons. The Bertz CT molecular complexity index is 1240. The summed E-state index contributed by atoms with van der Waals surface area (Å²) in [5, 5.41) is 5.00. The van der Waals surface area contributed by atoms with Crippen LogP contribution in [0.15, 0.2) is 66.7 Å². The number of benzene rings is 3. The average molecular weight is 470 g/mol. The molecule has 0 aromatic heterocycles. The maximum atomic E-state index is 13.2. The fourth-order valence-corrected chi connectivity index (χ4v) is 5.18. The zero-order chi connectivity index (χ0) is 24.2. The Labute approximate surface area is 205 Å². The van der Waals surface area contributed by atoms with Gasteiger partial charge in [0.1, 0.15) is 0 Å². The number of carbonyl (C=O) groups excluding carboxylic acids is 3. The van der Waals surface area contributed by atoms with Gasteiger partial charge in [-0.1, -0.05) is 42.5 Å². The van der Waals surface area contributed by atoms with Crippen molar-refractivity contribution >= 4 is 34.2 Å². The molecule has 2 aliphatic heterocycles. The summed E-state index contributed by atoms with van der Waals surface area (Å²) in [6.07, 6.45) is 4.50. The Hall–Kier alpha value is -3.67. The van der Waals surface area contributed by atoms with Crippen molar-refractivity contribution in [3.05, 3.63) is 77.9 Å². The number of nitrogens with one attached hydrogen (secondary N) is 1. The number of nitrogens with zero attached hydrogens (tertiary/aromatic N) is 2. The van der Waals surface area contributed by atoms with Crippen molar-refractivity contribution in [2.24, 2.45) is 5.92 Å². The van der Waals surface area contributed by atoms with Crippen LogP contribution in [0.25, 0.3) is 10.8 Å². The van der Waals surface area contributed by atoms with E-state index in [4.69, 9.17) is 0 Å². The van der Waals surface area contributed by atoms with Crippen molar-refractivity contribution in [1.82, 2.24) is 9.80 Å². The molecular weight excluding hydrogens is 438 g/mol. The third-order valence-electron chi connectivity index (χ3n) is 7.19. The lowest BCUT2D eigenvalue weighted by Crippen LogP contribution is -2.41. The standard InChI is InChI=1S/C29H31N3O3/c33-27(30-24-11-6-10-23(20-24)28(34)31-16-4-1-5-17-31)22-14-18-32(19-15-22)29(35)26-13-7-9-21-8-2-3-12-25(21)26/h2-3,6-13,20,22H,1,4-5,14-19H2,(H,30,33). The minimum absolute atomic E-state index is 0.0181. The van der Waals surface area contributed by atoms with Gasteiger partial charge in [-0.25, -0.2) is 0 Å². The molecule has 6 heteroatoms. The fourth-order valence-electron chi connectivity index (χ4n) is 5.18. The molecule has 2 saturated heterocycles. The van der Waals surface area contributed by atoms with Crippen LogP contribution in [0.3, 0.4) is 0 Å². The van der Waals surface area contributed by atoms with E-state index in [1.165, 1.54) is 6.42 Å². The van der Waals surface area contributed by atoms with Crippen molar-refractivity contribution in [1.29, 1.82) is 0 Å². The van der Waals surface area contributed by atoms with E-state index in [9.17, 15) is 14.4 Å². The van der Waals surface area contributed by atoms with Gasteiger partial charge in [0.05, 0.1) is 0 Å². The highest BCUT2D eigenvalue weighted by molar-refractivity contribution is 6.07. The lowest BCUT2D eigenvalue weighted by molar-refractivity contribution is -0.121. The van der Waals surface area contributed by atoms with Gasteiger partial charge in [0.25, 0.3) is 11.8 Å². The highest BCUT2D eigenvalue weighted by Crippen LogP contribution is 2.25. The number of piperidine rings is 2. The van der Waals surface area contributed by atoms with Crippen LogP contribution in [0.5, 0.6) is 0 Å². The summed E-state index contributed by atoms with van der Waals surface area (Å²) in [7, 11) is 0. The summed E-state index contributed by atoms with van der Waals surface area (Å²) in [6, 6.07) is 20.9. The van der Waals surface area contributed by atoms with Crippen molar-refractivity contribution in [2.75, 3.05) is 31.5 Å². The average Bonchev–Trinajstić information content (AvgIpc) is 2.92. The molecule has 2 fully saturated rings. The Morgan fingerprint density at radius 1 is 0.714 bits per heavy atom. The molecule has 3 amide bonds. The number of likely N-dealkylation sites (tertiary alicyclic amines) is 2. The summed E-state index contributed by atoms with van der Waals surface area (Å²) in [4.78, 5) is 42.7. The van der Waals surface area contributed by atoms with Crippen LogP contribution < -0.4 is 5.32 Å². The molecule has 0 radical (unpaired) electrons. The molecule has 3 aromatic rings. The van der Waals surface area contributed by atoms with Gasteiger partial charge >= 0.3 is 0 Å². The number of carbonyl (C=O) groups is 3. The van der Waals surface area contributed by atoms with Gasteiger partial charge < -0.3 is 15.1 Å². The first kappa shape index (κ1) is 23.1. The Kier molecular flexibility index (Phi) is 6.80. The van der Waals surface area contributed by atoms with Crippen LogP contribution in [0.1, 0.15) is 52.8 Å².